The third-order valence-corrected chi connectivity index (χ3v) is 1.44. The second kappa shape index (κ2) is 3.87. The number of nitrogens with one attached hydrogen (secondary N) is 1. The van der Waals surface area contributed by atoms with E-state index in [0.717, 1.165) is 0 Å². The lowest BCUT2D eigenvalue weighted by molar-refractivity contribution is -0.139. The Kier molecular flexibility index (Phi) is 2.82. The van der Waals surface area contributed by atoms with Crippen LogP contribution >= 0.6 is 0 Å². The standard InChI is InChI=1S/C7H10N2O3/c1-5(7(10)11)9-3-6-2-8-4-12-6/h2,4-5,9H,3H2,1H3,(H,10,11). The molecular formula is C7H10N2O3. The first kappa shape index (κ1) is 8.73. The van der Waals surface area contributed by atoms with Crippen LogP contribution in [-0.4, -0.2) is 22.1 Å². The maximum absolute atomic E-state index is 10.4. The monoisotopic (exact) mass is 170 g/mol. The highest BCUT2D eigenvalue weighted by atomic mass is 16.4. The highest BCUT2D eigenvalue weighted by Crippen LogP contribution is 1.95. The second-order valence-electron chi connectivity index (χ2n) is 2.41. The van der Waals surface area contributed by atoms with Crippen molar-refractivity contribution < 1.29 is 14.3 Å². The summed E-state index contributed by atoms with van der Waals surface area (Å²) in [7, 11) is 0. The molecule has 0 aromatic carbocycles. The molecule has 0 aliphatic carbocycles. The molecule has 0 aliphatic heterocycles. The van der Waals surface area contributed by atoms with Crippen molar-refractivity contribution in [3.05, 3.63) is 18.4 Å². The minimum Gasteiger partial charge on any atom is -0.480 e. The Bertz CT molecular complexity index is 245. The number of carboxylic acid groups (broad SMARTS) is 1. The third-order valence-electron chi connectivity index (χ3n) is 1.44. The molecule has 1 aromatic rings. The van der Waals surface area contributed by atoms with Crippen molar-refractivity contribution in [2.45, 2.75) is 19.5 Å². The molecule has 0 spiro atoms. The zero-order valence-corrected chi connectivity index (χ0v) is 6.65. The second-order valence-corrected chi connectivity index (χ2v) is 2.41. The van der Waals surface area contributed by atoms with Crippen molar-refractivity contribution in [3.8, 4) is 0 Å². The van der Waals surface area contributed by atoms with Crippen molar-refractivity contribution in [2.24, 2.45) is 0 Å². The number of carbonyl (C=O) groups is 1. The fourth-order valence-corrected chi connectivity index (χ4v) is 0.670. The normalized spacial score (nSPS) is 12.8. The van der Waals surface area contributed by atoms with Crippen molar-refractivity contribution in [2.75, 3.05) is 0 Å². The summed E-state index contributed by atoms with van der Waals surface area (Å²) >= 11 is 0. The Hall–Kier alpha value is -1.36. The molecule has 1 aromatic heterocycles. The molecule has 0 aliphatic rings. The van der Waals surface area contributed by atoms with Gasteiger partial charge in [0.2, 0.25) is 0 Å². The molecule has 1 atom stereocenters. The van der Waals surface area contributed by atoms with Crippen LogP contribution in [0.2, 0.25) is 0 Å². The van der Waals surface area contributed by atoms with Gasteiger partial charge in [-0.15, -0.1) is 0 Å². The van der Waals surface area contributed by atoms with E-state index in [-0.39, 0.29) is 0 Å². The topological polar surface area (TPSA) is 75.4 Å². The van der Waals surface area contributed by atoms with Gasteiger partial charge >= 0.3 is 5.97 Å². The van der Waals surface area contributed by atoms with Crippen LogP contribution in [0.4, 0.5) is 0 Å². The highest BCUT2D eigenvalue weighted by Gasteiger charge is 2.09. The molecular weight excluding hydrogens is 160 g/mol. The van der Waals surface area contributed by atoms with Gasteiger partial charge < -0.3 is 9.52 Å². The molecule has 1 rings (SSSR count). The van der Waals surface area contributed by atoms with E-state index in [1.165, 1.54) is 6.39 Å². The van der Waals surface area contributed by atoms with Gasteiger partial charge in [-0.2, -0.15) is 0 Å². The summed E-state index contributed by atoms with van der Waals surface area (Å²) in [6.45, 7) is 1.95. The maximum atomic E-state index is 10.4. The van der Waals surface area contributed by atoms with E-state index in [1.54, 1.807) is 13.1 Å². The fourth-order valence-electron chi connectivity index (χ4n) is 0.670. The molecule has 0 amide bonds. The average Bonchev–Trinajstić information content (AvgIpc) is 2.51. The number of carboxylic acids is 1. The first-order valence-electron chi connectivity index (χ1n) is 3.53. The zero-order chi connectivity index (χ0) is 8.97. The number of hydrogen-bond donors (Lipinski definition) is 2. The Balaban J connectivity index is 2.31. The van der Waals surface area contributed by atoms with Gasteiger partial charge in [-0.25, -0.2) is 4.98 Å². The maximum Gasteiger partial charge on any atom is 0.320 e. The van der Waals surface area contributed by atoms with Crippen LogP contribution in [0.3, 0.4) is 0 Å². The summed E-state index contributed by atoms with van der Waals surface area (Å²) < 4.78 is 4.90. The van der Waals surface area contributed by atoms with Crippen molar-refractivity contribution >= 4 is 5.97 Å². The average molecular weight is 170 g/mol. The number of oxazole rings is 1. The summed E-state index contributed by atoms with van der Waals surface area (Å²) in [5.41, 5.74) is 0. The summed E-state index contributed by atoms with van der Waals surface area (Å²) in [5.74, 6) is -0.252. The minimum atomic E-state index is -0.880. The van der Waals surface area contributed by atoms with E-state index < -0.39 is 12.0 Å². The van der Waals surface area contributed by atoms with Gasteiger partial charge in [-0.3, -0.25) is 10.1 Å². The lowest BCUT2D eigenvalue weighted by atomic mass is 10.3. The molecule has 1 heterocycles. The molecule has 0 saturated heterocycles. The van der Waals surface area contributed by atoms with Gasteiger partial charge in [0.25, 0.3) is 0 Å². The highest BCUT2D eigenvalue weighted by molar-refractivity contribution is 5.72. The minimum absolute atomic E-state index is 0.382. The van der Waals surface area contributed by atoms with Crippen LogP contribution in [-0.2, 0) is 11.3 Å². The van der Waals surface area contributed by atoms with Crippen LogP contribution in [0.1, 0.15) is 12.7 Å². The number of aromatic nitrogens is 1. The molecule has 0 fully saturated rings. The van der Waals surface area contributed by atoms with E-state index in [0.29, 0.717) is 12.3 Å². The molecule has 66 valence electrons. The number of aliphatic carboxylic acids is 1. The summed E-state index contributed by atoms with van der Waals surface area (Å²) in [6.07, 6.45) is 2.85. The van der Waals surface area contributed by atoms with E-state index in [9.17, 15) is 4.79 Å². The van der Waals surface area contributed by atoms with Crippen molar-refractivity contribution in [1.29, 1.82) is 0 Å². The predicted molar refractivity (Wildman–Crippen MR) is 40.4 cm³/mol. The van der Waals surface area contributed by atoms with Gasteiger partial charge in [0.1, 0.15) is 11.8 Å². The zero-order valence-electron chi connectivity index (χ0n) is 6.65. The molecule has 0 bridgehead atoms. The predicted octanol–water partition coefficient (Wildman–Crippen LogP) is 0.237. The quantitative estimate of drug-likeness (QED) is 0.676. The Morgan fingerprint density at radius 3 is 3.17 bits per heavy atom. The number of hydrogen-bond acceptors (Lipinski definition) is 4. The van der Waals surface area contributed by atoms with Crippen LogP contribution in [0.15, 0.2) is 17.0 Å². The summed E-state index contributed by atoms with van der Waals surface area (Å²) in [6, 6.07) is -0.574. The summed E-state index contributed by atoms with van der Waals surface area (Å²) in [5, 5.41) is 11.3. The van der Waals surface area contributed by atoms with E-state index in [2.05, 4.69) is 10.3 Å². The van der Waals surface area contributed by atoms with E-state index in [4.69, 9.17) is 9.52 Å². The lowest BCUT2D eigenvalue weighted by Crippen LogP contribution is -2.32. The lowest BCUT2D eigenvalue weighted by Gasteiger charge is -2.05. The molecule has 12 heavy (non-hydrogen) atoms. The Morgan fingerprint density at radius 2 is 2.67 bits per heavy atom. The molecule has 5 nitrogen and oxygen atoms in total. The molecule has 0 radical (unpaired) electrons. The number of rotatable bonds is 4. The van der Waals surface area contributed by atoms with Gasteiger partial charge in [-0.1, -0.05) is 0 Å². The third kappa shape index (κ3) is 2.35. The van der Waals surface area contributed by atoms with Crippen LogP contribution in [0, 0.1) is 0 Å². The van der Waals surface area contributed by atoms with Crippen LogP contribution in [0.5, 0.6) is 0 Å². The molecule has 0 saturated carbocycles. The first-order chi connectivity index (χ1) is 5.70. The molecule has 5 heteroatoms. The van der Waals surface area contributed by atoms with E-state index >= 15 is 0 Å². The van der Waals surface area contributed by atoms with Crippen molar-refractivity contribution in [1.82, 2.24) is 10.3 Å². The smallest absolute Gasteiger partial charge is 0.320 e. The number of nitrogens with zero attached hydrogens (tertiary/aromatic N) is 1. The summed E-state index contributed by atoms with van der Waals surface area (Å²) in [4.78, 5) is 14.0. The van der Waals surface area contributed by atoms with Crippen LogP contribution < -0.4 is 5.32 Å². The first-order valence-corrected chi connectivity index (χ1v) is 3.53. The SMILES string of the molecule is CC(NCc1cnco1)C(=O)O. The van der Waals surface area contributed by atoms with Crippen LogP contribution in [0.25, 0.3) is 0 Å². The van der Waals surface area contributed by atoms with Gasteiger partial charge in [0.05, 0.1) is 12.7 Å². The van der Waals surface area contributed by atoms with E-state index in [1.807, 2.05) is 0 Å². The molecule has 2 N–H and O–H groups in total. The van der Waals surface area contributed by atoms with Gasteiger partial charge in [0.15, 0.2) is 6.39 Å². The fraction of sp³-hybridized carbons (Fsp3) is 0.429. The van der Waals surface area contributed by atoms with Gasteiger partial charge in [0, 0.05) is 0 Å². The largest absolute Gasteiger partial charge is 0.480 e. The molecule has 1 unspecified atom stereocenters. The van der Waals surface area contributed by atoms with Gasteiger partial charge in [-0.05, 0) is 6.92 Å². The van der Waals surface area contributed by atoms with Crippen molar-refractivity contribution in [3.63, 3.8) is 0 Å². The Labute approximate surface area is 69.4 Å². The Morgan fingerprint density at radius 1 is 1.92 bits per heavy atom.